The Morgan fingerprint density at radius 3 is 1.53 bits per heavy atom. The summed E-state index contributed by atoms with van der Waals surface area (Å²) in [7, 11) is -1.34. The summed E-state index contributed by atoms with van der Waals surface area (Å²) in [6, 6.07) is 52.0. The van der Waals surface area contributed by atoms with Crippen LogP contribution >= 0.6 is 0 Å². The molecule has 6 aromatic carbocycles. The zero-order valence-electron chi connectivity index (χ0n) is 28.7. The maximum absolute atomic E-state index is 5.07. The van der Waals surface area contributed by atoms with Gasteiger partial charge in [0.15, 0.2) is 17.5 Å². The van der Waals surface area contributed by atoms with Crippen molar-refractivity contribution in [1.82, 2.24) is 15.0 Å². The number of nitrogens with zero attached hydrogens (tertiary/aromatic N) is 3. The van der Waals surface area contributed by atoms with Gasteiger partial charge in [-0.3, -0.25) is 0 Å². The smallest absolute Gasteiger partial charge is 0.164 e. The molecule has 0 amide bonds. The van der Waals surface area contributed by atoms with E-state index < -0.39 is 8.07 Å². The van der Waals surface area contributed by atoms with Crippen molar-refractivity contribution in [1.29, 1.82) is 0 Å². The Hall–Kier alpha value is -5.45. The van der Waals surface area contributed by atoms with E-state index in [0.29, 0.717) is 17.5 Å². The van der Waals surface area contributed by atoms with Gasteiger partial charge in [0.1, 0.15) is 0 Å². The van der Waals surface area contributed by atoms with Gasteiger partial charge in [0.05, 0.1) is 8.07 Å². The van der Waals surface area contributed by atoms with E-state index in [1.807, 2.05) is 18.2 Å². The van der Waals surface area contributed by atoms with Gasteiger partial charge >= 0.3 is 0 Å². The SMILES string of the molecule is CC1(C)c2ccccc2-c2ccc(-c3cccc(-c4nc(-c5ccccc5)nc(-c5ccc(-c6ccc([Si](C)(C)C)cc6)cc5)n4)c3)cc21. The fourth-order valence-electron chi connectivity index (χ4n) is 7.05. The summed E-state index contributed by atoms with van der Waals surface area (Å²) in [5.41, 5.74) is 12.9. The predicted octanol–water partition coefficient (Wildman–Crippen LogP) is 11.1. The Morgan fingerprint density at radius 2 is 0.857 bits per heavy atom. The molecule has 3 nitrogen and oxygen atoms in total. The maximum atomic E-state index is 5.07. The van der Waals surface area contributed by atoms with E-state index in [2.05, 4.69) is 161 Å². The van der Waals surface area contributed by atoms with E-state index in [1.54, 1.807) is 0 Å². The summed E-state index contributed by atoms with van der Waals surface area (Å²) in [4.78, 5) is 15.1. The molecule has 0 fully saturated rings. The number of fused-ring (bicyclic) bond motifs is 3. The number of aromatic nitrogens is 3. The molecule has 4 heteroatoms. The summed E-state index contributed by atoms with van der Waals surface area (Å²) in [5, 5.41) is 1.47. The van der Waals surface area contributed by atoms with Crippen molar-refractivity contribution in [3.05, 3.63) is 157 Å². The second-order valence-corrected chi connectivity index (χ2v) is 19.7. The molecular weight excluding hydrogens is 611 g/mol. The van der Waals surface area contributed by atoms with Crippen molar-refractivity contribution in [3.8, 4) is 67.5 Å². The number of rotatable bonds is 6. The molecule has 0 unspecified atom stereocenters. The topological polar surface area (TPSA) is 38.7 Å². The van der Waals surface area contributed by atoms with Gasteiger partial charge in [-0.1, -0.05) is 172 Å². The predicted molar refractivity (Wildman–Crippen MR) is 208 cm³/mol. The molecule has 0 radical (unpaired) electrons. The van der Waals surface area contributed by atoms with Crippen molar-refractivity contribution in [2.24, 2.45) is 0 Å². The summed E-state index contributed by atoms with van der Waals surface area (Å²) in [5.74, 6) is 1.98. The van der Waals surface area contributed by atoms with Crippen LogP contribution in [0.4, 0.5) is 0 Å². The molecule has 0 bridgehead atoms. The van der Waals surface area contributed by atoms with Crippen LogP contribution in [-0.4, -0.2) is 23.0 Å². The van der Waals surface area contributed by atoms with Gasteiger partial charge < -0.3 is 0 Å². The van der Waals surface area contributed by atoms with Gasteiger partial charge in [0, 0.05) is 22.1 Å². The molecule has 0 saturated heterocycles. The Bertz CT molecular complexity index is 2320. The van der Waals surface area contributed by atoms with E-state index in [0.717, 1.165) is 22.3 Å². The van der Waals surface area contributed by atoms with Crippen LogP contribution in [0.1, 0.15) is 25.0 Å². The Labute approximate surface area is 290 Å². The lowest BCUT2D eigenvalue weighted by Gasteiger charge is -2.22. The monoisotopic (exact) mass is 649 g/mol. The lowest BCUT2D eigenvalue weighted by molar-refractivity contribution is 0.660. The van der Waals surface area contributed by atoms with Gasteiger partial charge in [-0.2, -0.15) is 0 Å². The largest absolute Gasteiger partial charge is 0.208 e. The third kappa shape index (κ3) is 5.72. The average molecular weight is 650 g/mol. The highest BCUT2D eigenvalue weighted by molar-refractivity contribution is 6.88. The standard InChI is InChI=1S/C45H39N3Si/c1-45(2)40-17-10-9-16-38(40)39-27-24-35(29-41(39)45)34-14-11-15-36(28-34)44-47-42(32-12-7-6-8-13-32)46-43(48-44)33-20-18-30(19-21-33)31-22-25-37(26-23-31)49(3,4)5/h6-29H,1-5H3. The number of benzene rings is 6. The first-order valence-corrected chi connectivity index (χ1v) is 20.5. The molecule has 0 spiro atoms. The fraction of sp³-hybridized carbons (Fsp3) is 0.133. The first-order chi connectivity index (χ1) is 23.6. The minimum atomic E-state index is -1.34. The zero-order valence-corrected chi connectivity index (χ0v) is 29.7. The first kappa shape index (κ1) is 30.9. The molecule has 49 heavy (non-hydrogen) atoms. The highest BCUT2D eigenvalue weighted by atomic mass is 28.3. The molecule has 0 aliphatic heterocycles. The normalized spacial score (nSPS) is 13.2. The van der Waals surface area contributed by atoms with Gasteiger partial charge in [-0.25, -0.2) is 15.0 Å². The molecule has 0 saturated carbocycles. The first-order valence-electron chi connectivity index (χ1n) is 17.0. The molecule has 7 aromatic rings. The molecule has 0 N–H and O–H groups in total. The van der Waals surface area contributed by atoms with Gasteiger partial charge in [-0.15, -0.1) is 0 Å². The minimum absolute atomic E-state index is 0.0553. The molecule has 8 rings (SSSR count). The van der Waals surface area contributed by atoms with Crippen molar-refractivity contribution in [3.63, 3.8) is 0 Å². The molecular formula is C45H39N3Si. The summed E-state index contributed by atoms with van der Waals surface area (Å²) in [6.07, 6.45) is 0. The molecule has 238 valence electrons. The number of hydrogen-bond acceptors (Lipinski definition) is 3. The van der Waals surface area contributed by atoms with Crippen LogP contribution in [0.5, 0.6) is 0 Å². The average Bonchev–Trinajstić information content (AvgIpc) is 3.37. The molecule has 1 aliphatic carbocycles. The fourth-order valence-corrected chi connectivity index (χ4v) is 8.21. The molecule has 1 heterocycles. The van der Waals surface area contributed by atoms with Crippen molar-refractivity contribution >= 4 is 13.3 Å². The van der Waals surface area contributed by atoms with E-state index in [-0.39, 0.29) is 5.41 Å². The van der Waals surface area contributed by atoms with Crippen LogP contribution in [0, 0.1) is 0 Å². The lowest BCUT2D eigenvalue weighted by Crippen LogP contribution is -2.37. The Balaban J connectivity index is 1.17. The summed E-state index contributed by atoms with van der Waals surface area (Å²) in [6.45, 7) is 11.8. The van der Waals surface area contributed by atoms with E-state index in [9.17, 15) is 0 Å². The van der Waals surface area contributed by atoms with Crippen LogP contribution in [0.2, 0.25) is 19.6 Å². The van der Waals surface area contributed by atoms with E-state index >= 15 is 0 Å². The van der Waals surface area contributed by atoms with Crippen LogP contribution in [-0.2, 0) is 5.41 Å². The van der Waals surface area contributed by atoms with Crippen molar-refractivity contribution in [2.45, 2.75) is 38.9 Å². The van der Waals surface area contributed by atoms with Crippen LogP contribution in [0.25, 0.3) is 67.5 Å². The van der Waals surface area contributed by atoms with E-state index in [4.69, 9.17) is 15.0 Å². The van der Waals surface area contributed by atoms with Crippen molar-refractivity contribution < 1.29 is 0 Å². The van der Waals surface area contributed by atoms with Gasteiger partial charge in [0.2, 0.25) is 0 Å². The van der Waals surface area contributed by atoms with E-state index in [1.165, 1.54) is 44.1 Å². The minimum Gasteiger partial charge on any atom is -0.208 e. The lowest BCUT2D eigenvalue weighted by atomic mass is 9.81. The van der Waals surface area contributed by atoms with Crippen LogP contribution in [0.3, 0.4) is 0 Å². The molecule has 1 aromatic heterocycles. The van der Waals surface area contributed by atoms with Crippen molar-refractivity contribution in [2.75, 3.05) is 0 Å². The van der Waals surface area contributed by atoms with Crippen LogP contribution in [0.15, 0.2) is 146 Å². The third-order valence-electron chi connectivity index (χ3n) is 9.93. The Kier molecular flexibility index (Phi) is 7.50. The van der Waals surface area contributed by atoms with Gasteiger partial charge in [0.25, 0.3) is 0 Å². The molecule has 0 atom stereocenters. The summed E-state index contributed by atoms with van der Waals surface area (Å²) >= 11 is 0. The maximum Gasteiger partial charge on any atom is 0.164 e. The van der Waals surface area contributed by atoms with Crippen LogP contribution < -0.4 is 5.19 Å². The summed E-state index contributed by atoms with van der Waals surface area (Å²) < 4.78 is 0. The highest BCUT2D eigenvalue weighted by Crippen LogP contribution is 2.49. The highest BCUT2D eigenvalue weighted by Gasteiger charge is 2.35. The molecule has 1 aliphatic rings. The van der Waals surface area contributed by atoms with Gasteiger partial charge in [-0.05, 0) is 56.6 Å². The second kappa shape index (κ2) is 11.9. The second-order valence-electron chi connectivity index (χ2n) is 14.6. The third-order valence-corrected chi connectivity index (χ3v) is 12.0. The quantitative estimate of drug-likeness (QED) is 0.168. The number of hydrogen-bond donors (Lipinski definition) is 0. The zero-order chi connectivity index (χ0) is 33.8. The Morgan fingerprint density at radius 1 is 0.388 bits per heavy atom.